The Morgan fingerprint density at radius 1 is 1.28 bits per heavy atom. The maximum atomic E-state index is 12.1. The molecule has 1 aromatic carbocycles. The lowest BCUT2D eigenvalue weighted by Gasteiger charge is -2.22. The zero-order valence-electron chi connectivity index (χ0n) is 14.3. The van der Waals surface area contributed by atoms with E-state index in [1.54, 1.807) is 16.8 Å². The van der Waals surface area contributed by atoms with Gasteiger partial charge in [0.1, 0.15) is 0 Å². The first-order valence-electron chi connectivity index (χ1n) is 8.41. The van der Waals surface area contributed by atoms with Crippen molar-refractivity contribution in [1.29, 1.82) is 0 Å². The summed E-state index contributed by atoms with van der Waals surface area (Å²) in [5, 5.41) is 5.75. The molecule has 0 radical (unpaired) electrons. The number of carbonyl (C=O) groups excluding carboxylic acids is 1. The van der Waals surface area contributed by atoms with Gasteiger partial charge in [-0.25, -0.2) is 4.79 Å². The molecule has 0 saturated carbocycles. The lowest BCUT2D eigenvalue weighted by molar-refractivity contribution is 0.159. The van der Waals surface area contributed by atoms with Crippen LogP contribution in [-0.4, -0.2) is 30.4 Å². The Balaban J connectivity index is 1.58. The smallest absolute Gasteiger partial charge is 0.319 e. The summed E-state index contributed by atoms with van der Waals surface area (Å²) < 4.78 is 7.02. The van der Waals surface area contributed by atoms with Crippen molar-refractivity contribution in [3.05, 3.63) is 64.6 Å². The molecular formula is C19H23N3O3. The molecule has 1 aliphatic rings. The molecule has 132 valence electrons. The van der Waals surface area contributed by atoms with Gasteiger partial charge in [0.15, 0.2) is 0 Å². The van der Waals surface area contributed by atoms with Crippen LogP contribution in [0.15, 0.2) is 53.5 Å². The second-order valence-electron chi connectivity index (χ2n) is 6.79. The van der Waals surface area contributed by atoms with Crippen LogP contribution in [-0.2, 0) is 11.3 Å². The highest BCUT2D eigenvalue weighted by molar-refractivity contribution is 5.89. The van der Waals surface area contributed by atoms with Crippen LogP contribution in [0.2, 0.25) is 0 Å². The Bertz CT molecular complexity index is 794. The first kappa shape index (κ1) is 17.2. The highest BCUT2D eigenvalue weighted by Gasteiger charge is 2.29. The molecule has 1 saturated heterocycles. The largest absolute Gasteiger partial charge is 0.381 e. The van der Waals surface area contributed by atoms with Crippen molar-refractivity contribution in [3.63, 3.8) is 0 Å². The van der Waals surface area contributed by atoms with Crippen molar-refractivity contribution in [2.24, 2.45) is 5.41 Å². The molecule has 3 rings (SSSR count). The normalized spacial score (nSPS) is 19.6. The average Bonchev–Trinajstić information content (AvgIpc) is 3.03. The average molecular weight is 341 g/mol. The minimum absolute atomic E-state index is 0.00760. The number of ether oxygens (including phenoxy) is 1. The van der Waals surface area contributed by atoms with Crippen LogP contribution in [0.5, 0.6) is 0 Å². The summed E-state index contributed by atoms with van der Waals surface area (Å²) in [5.41, 5.74) is 1.60. The van der Waals surface area contributed by atoms with E-state index >= 15 is 0 Å². The van der Waals surface area contributed by atoms with E-state index in [2.05, 4.69) is 17.6 Å². The van der Waals surface area contributed by atoms with E-state index in [9.17, 15) is 9.59 Å². The number of urea groups is 1. The fourth-order valence-corrected chi connectivity index (χ4v) is 2.85. The van der Waals surface area contributed by atoms with Gasteiger partial charge < -0.3 is 19.9 Å². The van der Waals surface area contributed by atoms with Gasteiger partial charge >= 0.3 is 6.03 Å². The number of rotatable bonds is 5. The van der Waals surface area contributed by atoms with E-state index in [4.69, 9.17) is 4.74 Å². The Hall–Kier alpha value is -2.60. The van der Waals surface area contributed by atoms with Crippen LogP contribution in [0.4, 0.5) is 10.5 Å². The Morgan fingerprint density at radius 2 is 2.16 bits per heavy atom. The molecule has 2 N–H and O–H groups in total. The van der Waals surface area contributed by atoms with E-state index in [-0.39, 0.29) is 17.0 Å². The van der Waals surface area contributed by atoms with Crippen molar-refractivity contribution >= 4 is 11.7 Å². The van der Waals surface area contributed by atoms with Crippen LogP contribution in [0, 0.1) is 5.41 Å². The second-order valence-corrected chi connectivity index (χ2v) is 6.79. The third kappa shape index (κ3) is 4.70. The molecule has 0 bridgehead atoms. The number of anilines is 1. The molecule has 2 heterocycles. The molecule has 1 atom stereocenters. The molecule has 25 heavy (non-hydrogen) atoms. The van der Waals surface area contributed by atoms with Gasteiger partial charge in [-0.05, 0) is 30.2 Å². The molecule has 1 fully saturated rings. The summed E-state index contributed by atoms with van der Waals surface area (Å²) in [4.78, 5) is 23.9. The van der Waals surface area contributed by atoms with Gasteiger partial charge in [0.25, 0.3) is 5.56 Å². The molecule has 2 amide bonds. The predicted molar refractivity (Wildman–Crippen MR) is 96.8 cm³/mol. The van der Waals surface area contributed by atoms with Crippen LogP contribution >= 0.6 is 0 Å². The van der Waals surface area contributed by atoms with Gasteiger partial charge in [0, 0.05) is 36.5 Å². The van der Waals surface area contributed by atoms with Gasteiger partial charge in [0.2, 0.25) is 0 Å². The minimum Gasteiger partial charge on any atom is -0.381 e. The van der Waals surface area contributed by atoms with Crippen LogP contribution in [0.1, 0.15) is 18.9 Å². The van der Waals surface area contributed by atoms with Crippen molar-refractivity contribution < 1.29 is 9.53 Å². The fourth-order valence-electron chi connectivity index (χ4n) is 2.85. The SMILES string of the molecule is C[C@]1(CNC(=O)Nc2cccc(Cn3ccccc3=O)c2)CCOC1. The molecule has 2 aromatic rings. The molecule has 0 unspecified atom stereocenters. The number of nitrogens with one attached hydrogen (secondary N) is 2. The van der Waals surface area contributed by atoms with Gasteiger partial charge in [-0.1, -0.05) is 25.1 Å². The number of benzene rings is 1. The van der Waals surface area contributed by atoms with Crippen LogP contribution in [0.3, 0.4) is 0 Å². The lowest BCUT2D eigenvalue weighted by Crippen LogP contribution is -2.38. The summed E-state index contributed by atoms with van der Waals surface area (Å²) in [6, 6.07) is 12.3. The van der Waals surface area contributed by atoms with Gasteiger partial charge in [-0.2, -0.15) is 0 Å². The van der Waals surface area contributed by atoms with E-state index in [1.165, 1.54) is 6.07 Å². The summed E-state index contributed by atoms with van der Waals surface area (Å²) >= 11 is 0. The van der Waals surface area contributed by atoms with Gasteiger partial charge in [-0.3, -0.25) is 4.79 Å². The van der Waals surface area contributed by atoms with E-state index < -0.39 is 0 Å². The highest BCUT2D eigenvalue weighted by Crippen LogP contribution is 2.26. The second kappa shape index (κ2) is 7.53. The first-order valence-corrected chi connectivity index (χ1v) is 8.41. The predicted octanol–water partition coefficient (Wildman–Crippen LogP) is 2.44. The molecule has 0 spiro atoms. The topological polar surface area (TPSA) is 72.4 Å². The third-order valence-electron chi connectivity index (χ3n) is 4.41. The molecule has 0 aliphatic carbocycles. The summed E-state index contributed by atoms with van der Waals surface area (Å²) in [5.74, 6) is 0. The van der Waals surface area contributed by atoms with Crippen LogP contribution in [0.25, 0.3) is 0 Å². The van der Waals surface area contributed by atoms with Crippen molar-refractivity contribution in [3.8, 4) is 0 Å². The molecule has 6 nitrogen and oxygen atoms in total. The number of carbonyl (C=O) groups is 1. The number of amides is 2. The number of hydrogen-bond donors (Lipinski definition) is 2. The molecular weight excluding hydrogens is 318 g/mol. The summed E-state index contributed by atoms with van der Waals surface area (Å²) in [7, 11) is 0. The monoisotopic (exact) mass is 341 g/mol. The molecule has 1 aromatic heterocycles. The fraction of sp³-hybridized carbons (Fsp3) is 0.368. The van der Waals surface area contributed by atoms with E-state index in [1.807, 2.05) is 30.3 Å². The lowest BCUT2D eigenvalue weighted by atomic mass is 9.90. The number of hydrogen-bond acceptors (Lipinski definition) is 3. The number of aromatic nitrogens is 1. The van der Waals surface area contributed by atoms with E-state index in [0.717, 1.165) is 18.6 Å². The van der Waals surface area contributed by atoms with Crippen molar-refractivity contribution in [1.82, 2.24) is 9.88 Å². The third-order valence-corrected chi connectivity index (χ3v) is 4.41. The zero-order valence-corrected chi connectivity index (χ0v) is 14.3. The minimum atomic E-state index is -0.234. The number of nitrogens with zero attached hydrogens (tertiary/aromatic N) is 1. The standard InChI is InChI=1S/C19H23N3O3/c1-19(8-10-25-14-19)13-20-18(24)21-16-6-4-5-15(11-16)12-22-9-3-2-7-17(22)23/h2-7,9,11H,8,10,12-14H2,1H3,(H2,20,21,24)/t19-/m1/s1. The first-order chi connectivity index (χ1) is 12.0. The van der Waals surface area contributed by atoms with Gasteiger partial charge in [0.05, 0.1) is 13.2 Å². The highest BCUT2D eigenvalue weighted by atomic mass is 16.5. The van der Waals surface area contributed by atoms with Crippen molar-refractivity contribution in [2.45, 2.75) is 19.9 Å². The van der Waals surface area contributed by atoms with Crippen molar-refractivity contribution in [2.75, 3.05) is 25.1 Å². The molecule has 1 aliphatic heterocycles. The number of pyridine rings is 1. The summed E-state index contributed by atoms with van der Waals surface area (Å²) in [6.45, 7) is 4.58. The Morgan fingerprint density at radius 3 is 2.92 bits per heavy atom. The molecule has 6 heteroatoms. The summed E-state index contributed by atoms with van der Waals surface area (Å²) in [6.07, 6.45) is 2.70. The van der Waals surface area contributed by atoms with Gasteiger partial charge in [-0.15, -0.1) is 0 Å². The Labute approximate surface area is 146 Å². The zero-order chi connectivity index (χ0) is 17.7. The maximum Gasteiger partial charge on any atom is 0.319 e. The Kier molecular flexibility index (Phi) is 5.19. The van der Waals surface area contributed by atoms with Crippen LogP contribution < -0.4 is 16.2 Å². The quantitative estimate of drug-likeness (QED) is 0.877. The maximum absolute atomic E-state index is 12.1. The van der Waals surface area contributed by atoms with E-state index in [0.29, 0.717) is 25.4 Å².